The van der Waals surface area contributed by atoms with Gasteiger partial charge < -0.3 is 29.7 Å². The lowest BCUT2D eigenvalue weighted by Crippen LogP contribution is -2.74. The molecule has 5 aromatic rings. The fourth-order valence-corrected chi connectivity index (χ4v) is 13.1. The highest BCUT2D eigenvalue weighted by molar-refractivity contribution is 6.31. The lowest BCUT2D eigenvalue weighted by Gasteiger charge is -2.63. The molecule has 1 aliphatic carbocycles. The Bertz CT molecular complexity index is 2850. The van der Waals surface area contributed by atoms with Crippen molar-refractivity contribution in [1.29, 1.82) is 5.26 Å². The van der Waals surface area contributed by atoms with Crippen LogP contribution in [0.3, 0.4) is 0 Å². The standard InChI is InChI=1S/C52H63ClF2N14O3/c1-30-25-66(50-57-23-35(24-58-50)47(71)60-48-51(4,5)49(52(48,6)7)72-37-11-10-34(22-56)41(53)20-37)26-31(2)39(30)27-64-16-12-36(13-17-64)69-42-14-18-65(32(3)70)28-40(42)46(61-69)67-15-8-9-33-19-44(68-29-59-62-63-68)38(45(54)55)21-43(33)67/h10-11,19-21,23-24,29-31,36,39,45,48-49H,8-9,12-18,25-28H2,1-7H3,(H,60,71)/t30-,31+,39?,48?,49?. The number of alkyl halides is 2. The maximum absolute atomic E-state index is 14.7. The number of aromatic nitrogens is 8. The van der Waals surface area contributed by atoms with Crippen molar-refractivity contribution in [2.75, 3.05) is 55.6 Å². The zero-order valence-corrected chi connectivity index (χ0v) is 42.8. The molecule has 72 heavy (non-hydrogen) atoms. The van der Waals surface area contributed by atoms with Gasteiger partial charge in [0, 0.05) is 117 Å². The third-order valence-electron chi connectivity index (χ3n) is 16.4. The highest BCUT2D eigenvalue weighted by Crippen LogP contribution is 2.56. The summed E-state index contributed by atoms with van der Waals surface area (Å²) >= 11 is 6.29. The Morgan fingerprint density at radius 1 is 0.972 bits per heavy atom. The van der Waals surface area contributed by atoms with Gasteiger partial charge in [-0.25, -0.2) is 23.4 Å². The number of halogens is 3. The first-order valence-electron chi connectivity index (χ1n) is 25.2. The van der Waals surface area contributed by atoms with E-state index in [0.29, 0.717) is 77.3 Å². The van der Waals surface area contributed by atoms with Gasteiger partial charge in [0.25, 0.3) is 12.3 Å². The molecular formula is C52H63ClF2N14O3. The summed E-state index contributed by atoms with van der Waals surface area (Å²) in [6, 6.07) is 10.5. The van der Waals surface area contributed by atoms with Crippen molar-refractivity contribution in [3.63, 3.8) is 0 Å². The fraction of sp³-hybridized carbons (Fsp3) is 0.558. The zero-order valence-electron chi connectivity index (χ0n) is 42.0. The van der Waals surface area contributed by atoms with Gasteiger partial charge >= 0.3 is 0 Å². The monoisotopic (exact) mass is 1000 g/mol. The summed E-state index contributed by atoms with van der Waals surface area (Å²) in [7, 11) is 0. The van der Waals surface area contributed by atoms with Crippen molar-refractivity contribution in [2.24, 2.45) is 28.6 Å². The molecule has 1 N–H and O–H groups in total. The molecule has 2 amide bonds. The number of anilines is 3. The molecular weight excluding hydrogens is 942 g/mol. The normalized spacial score (nSPS) is 24.0. The van der Waals surface area contributed by atoms with Crippen molar-refractivity contribution in [1.82, 2.24) is 55.1 Å². The summed E-state index contributed by atoms with van der Waals surface area (Å²) in [6.07, 6.45) is 5.70. The molecule has 2 aromatic carbocycles. The van der Waals surface area contributed by atoms with Crippen LogP contribution in [0.1, 0.15) is 119 Å². The molecule has 0 spiro atoms. The summed E-state index contributed by atoms with van der Waals surface area (Å²) in [5.41, 5.74) is 3.88. The molecule has 2 saturated heterocycles. The molecule has 7 heterocycles. The molecule has 0 bridgehead atoms. The SMILES string of the molecule is CC(=O)N1CCc2c(c(N3CCCc4cc(-n5cnnn5)c(C(F)F)cc43)nn2C2CCN(CC3[C@H](C)CN(c4ncc(C(=O)NC5C(C)(C)C(Oc6ccc(C#N)c(Cl)c6)C5(C)C)cn4)C[C@@H]3C)CC2)C1. The van der Waals surface area contributed by atoms with Crippen molar-refractivity contribution in [2.45, 2.75) is 112 Å². The van der Waals surface area contributed by atoms with E-state index in [1.165, 1.54) is 11.0 Å². The molecule has 5 aliphatic rings. The van der Waals surface area contributed by atoms with Crippen LogP contribution in [0.2, 0.25) is 5.02 Å². The highest BCUT2D eigenvalue weighted by atomic mass is 35.5. The molecule has 1 unspecified atom stereocenters. The van der Waals surface area contributed by atoms with Crippen molar-refractivity contribution in [3.8, 4) is 17.5 Å². The number of carbonyl (C=O) groups is 2. The van der Waals surface area contributed by atoms with E-state index in [1.54, 1.807) is 49.6 Å². The Balaban J connectivity index is 0.766. The second-order valence-electron chi connectivity index (χ2n) is 21.9. The highest BCUT2D eigenvalue weighted by Gasteiger charge is 2.64. The number of nitriles is 1. The van der Waals surface area contributed by atoms with E-state index in [2.05, 4.69) is 87.8 Å². The number of rotatable bonds is 11. The van der Waals surface area contributed by atoms with E-state index in [-0.39, 0.29) is 41.3 Å². The Morgan fingerprint density at radius 2 is 1.69 bits per heavy atom. The van der Waals surface area contributed by atoms with Gasteiger partial charge in [0.1, 0.15) is 24.3 Å². The second kappa shape index (κ2) is 19.3. The maximum atomic E-state index is 14.7. The number of tetrazole rings is 1. The smallest absolute Gasteiger partial charge is 0.266 e. The quantitative estimate of drug-likeness (QED) is 0.136. The van der Waals surface area contributed by atoms with Crippen LogP contribution < -0.4 is 19.9 Å². The van der Waals surface area contributed by atoms with E-state index in [1.807, 2.05) is 4.90 Å². The van der Waals surface area contributed by atoms with Crippen molar-refractivity contribution in [3.05, 3.63) is 87.6 Å². The van der Waals surface area contributed by atoms with E-state index in [0.717, 1.165) is 81.0 Å². The predicted octanol–water partition coefficient (Wildman–Crippen LogP) is 7.76. The Labute approximate surface area is 423 Å². The summed E-state index contributed by atoms with van der Waals surface area (Å²) in [5.74, 6) is 2.95. The number of piperidine rings is 2. The van der Waals surface area contributed by atoms with Crippen LogP contribution in [-0.4, -0.2) is 120 Å². The first-order chi connectivity index (χ1) is 34.4. The van der Waals surface area contributed by atoms with E-state index >= 15 is 0 Å². The molecule has 380 valence electrons. The number of nitrogens with one attached hydrogen (secondary N) is 1. The van der Waals surface area contributed by atoms with Gasteiger partial charge in [0.2, 0.25) is 11.9 Å². The molecule has 20 heteroatoms. The summed E-state index contributed by atoms with van der Waals surface area (Å²) < 4.78 is 39.2. The van der Waals surface area contributed by atoms with Crippen LogP contribution in [0.5, 0.6) is 5.75 Å². The fourth-order valence-electron chi connectivity index (χ4n) is 12.9. The summed E-state index contributed by atoms with van der Waals surface area (Å²) in [4.78, 5) is 44.6. The number of hydrogen-bond acceptors (Lipinski definition) is 13. The molecule has 3 aromatic heterocycles. The third kappa shape index (κ3) is 9.02. The third-order valence-corrected chi connectivity index (χ3v) is 16.7. The van der Waals surface area contributed by atoms with E-state index in [4.69, 9.17) is 31.4 Å². The molecule has 3 atom stereocenters. The van der Waals surface area contributed by atoms with Crippen LogP contribution in [0.25, 0.3) is 5.69 Å². The molecule has 0 radical (unpaired) electrons. The summed E-state index contributed by atoms with van der Waals surface area (Å²) in [6.45, 7) is 20.7. The van der Waals surface area contributed by atoms with Gasteiger partial charge in [-0.2, -0.15) is 10.4 Å². The number of nitrogens with zero attached hydrogens (tertiary/aromatic N) is 13. The van der Waals surface area contributed by atoms with Crippen LogP contribution in [0.4, 0.5) is 26.2 Å². The number of fused-ring (bicyclic) bond motifs is 2. The first-order valence-corrected chi connectivity index (χ1v) is 25.6. The van der Waals surface area contributed by atoms with Crippen LogP contribution >= 0.6 is 11.6 Å². The van der Waals surface area contributed by atoms with E-state index < -0.39 is 17.3 Å². The minimum Gasteiger partial charge on any atom is -0.489 e. The molecule has 4 aliphatic heterocycles. The number of hydrogen-bond donors (Lipinski definition) is 1. The van der Waals surface area contributed by atoms with Crippen LogP contribution in [-0.2, 0) is 24.2 Å². The number of ether oxygens (including phenoxy) is 1. The van der Waals surface area contributed by atoms with Gasteiger partial charge in [-0.3, -0.25) is 14.3 Å². The van der Waals surface area contributed by atoms with Crippen LogP contribution in [0.15, 0.2) is 49.1 Å². The van der Waals surface area contributed by atoms with Gasteiger partial charge in [-0.1, -0.05) is 53.1 Å². The lowest BCUT2D eigenvalue weighted by atomic mass is 9.49. The minimum absolute atomic E-state index is 0.00574. The van der Waals surface area contributed by atoms with Crippen molar-refractivity contribution < 1.29 is 23.1 Å². The number of likely N-dealkylation sites (tertiary alicyclic amines) is 1. The van der Waals surface area contributed by atoms with Crippen molar-refractivity contribution >= 4 is 40.9 Å². The Hall–Kier alpha value is -6.26. The van der Waals surface area contributed by atoms with Gasteiger partial charge in [0.05, 0.1) is 34.4 Å². The first kappa shape index (κ1) is 49.3. The van der Waals surface area contributed by atoms with Gasteiger partial charge in [-0.15, -0.1) is 5.10 Å². The summed E-state index contributed by atoms with van der Waals surface area (Å²) in [5, 5.41) is 29.5. The second-order valence-corrected chi connectivity index (χ2v) is 22.3. The minimum atomic E-state index is -2.74. The maximum Gasteiger partial charge on any atom is 0.266 e. The van der Waals surface area contributed by atoms with E-state index in [9.17, 15) is 23.6 Å². The Kier molecular flexibility index (Phi) is 13.2. The molecule has 1 saturated carbocycles. The van der Waals surface area contributed by atoms with Gasteiger partial charge in [0.15, 0.2) is 5.82 Å². The number of amides is 2. The molecule has 3 fully saturated rings. The van der Waals surface area contributed by atoms with Gasteiger partial charge in [-0.05, 0) is 83.7 Å². The number of benzene rings is 2. The largest absolute Gasteiger partial charge is 0.489 e. The average molecular weight is 1010 g/mol. The number of aryl methyl sites for hydroxylation is 1. The molecule has 10 rings (SSSR count). The Morgan fingerprint density at radius 3 is 2.33 bits per heavy atom. The number of carbonyl (C=O) groups excluding carboxylic acids is 2. The lowest BCUT2D eigenvalue weighted by molar-refractivity contribution is -0.164. The molecule has 17 nitrogen and oxygen atoms in total. The predicted molar refractivity (Wildman–Crippen MR) is 267 cm³/mol. The average Bonchev–Trinajstić information content (AvgIpc) is 4.04. The zero-order chi connectivity index (χ0) is 50.8. The topological polar surface area (TPSA) is 179 Å². The van der Waals surface area contributed by atoms with Crippen LogP contribution in [0, 0.1) is 39.9 Å².